The number of aromatic nitrogens is 2. The van der Waals surface area contributed by atoms with Gasteiger partial charge in [-0.05, 0) is 49.1 Å². The Labute approximate surface area is 189 Å². The molecule has 0 aliphatic carbocycles. The lowest BCUT2D eigenvalue weighted by Gasteiger charge is -2.23. The van der Waals surface area contributed by atoms with E-state index in [4.69, 9.17) is 5.14 Å². The topological polar surface area (TPSA) is 152 Å². The molecular weight excluding hydrogens is 474 g/mol. The molecule has 2 heterocycles. The van der Waals surface area contributed by atoms with Crippen LogP contribution >= 0.6 is 11.7 Å². The molecule has 0 spiro atoms. The van der Waals surface area contributed by atoms with Crippen molar-refractivity contribution in [3.8, 4) is 0 Å². The second-order valence-electron chi connectivity index (χ2n) is 7.39. The van der Waals surface area contributed by atoms with E-state index in [1.807, 2.05) is 0 Å². The molecule has 1 saturated heterocycles. The summed E-state index contributed by atoms with van der Waals surface area (Å²) in [4.78, 5) is 12.9. The summed E-state index contributed by atoms with van der Waals surface area (Å²) < 4.78 is 58.7. The van der Waals surface area contributed by atoms with Gasteiger partial charge in [0.2, 0.25) is 26.0 Å². The number of sulfonamides is 2. The number of nitrogens with zero attached hydrogens (tertiary/aromatic N) is 3. The Kier molecular flexibility index (Phi) is 6.27. The number of nitrogens with one attached hydrogen (secondary N) is 1. The molecule has 0 saturated carbocycles. The zero-order valence-electron chi connectivity index (χ0n) is 16.8. The van der Waals surface area contributed by atoms with Gasteiger partial charge in [0.25, 0.3) is 0 Å². The Hall–Kier alpha value is -2.45. The second-order valence-corrected chi connectivity index (χ2v) is 11.3. The first-order valence-electron chi connectivity index (χ1n) is 9.80. The zero-order valence-corrected chi connectivity index (χ0v) is 19.3. The minimum absolute atomic E-state index is 0.0161. The molecule has 4 rings (SSSR count). The van der Waals surface area contributed by atoms with Crippen molar-refractivity contribution in [2.24, 2.45) is 5.14 Å². The second kappa shape index (κ2) is 8.83. The number of nitrogens with two attached hydrogens (primary N) is 1. The monoisotopic (exact) mass is 495 g/mol. The molecule has 1 aliphatic heterocycles. The summed E-state index contributed by atoms with van der Waals surface area (Å²) in [6.45, 7) is 0.535. The van der Waals surface area contributed by atoms with E-state index in [1.165, 1.54) is 22.5 Å². The molecule has 170 valence electrons. The van der Waals surface area contributed by atoms with Crippen molar-refractivity contribution in [1.82, 2.24) is 18.4 Å². The lowest BCUT2D eigenvalue weighted by atomic mass is 10.1. The Bertz CT molecular complexity index is 1350. The summed E-state index contributed by atoms with van der Waals surface area (Å²) in [5, 5.41) is 7.88. The number of hydrogen-bond donors (Lipinski definition) is 2. The van der Waals surface area contributed by atoms with E-state index in [0.29, 0.717) is 30.3 Å². The maximum atomic E-state index is 13.3. The quantitative estimate of drug-likeness (QED) is 0.493. The number of rotatable bonds is 7. The summed E-state index contributed by atoms with van der Waals surface area (Å²) in [7, 11) is -7.68. The van der Waals surface area contributed by atoms with Crippen LogP contribution in [-0.2, 0) is 31.3 Å². The molecule has 3 aromatic rings. The van der Waals surface area contributed by atoms with Gasteiger partial charge in [0, 0.05) is 13.1 Å². The number of carbonyl (C=O) groups is 1. The van der Waals surface area contributed by atoms with Gasteiger partial charge >= 0.3 is 0 Å². The maximum Gasteiger partial charge on any atom is 0.246 e. The maximum absolute atomic E-state index is 13.3. The van der Waals surface area contributed by atoms with Crippen LogP contribution < -0.4 is 10.5 Å². The third-order valence-corrected chi connectivity index (χ3v) is 8.72. The van der Waals surface area contributed by atoms with Crippen LogP contribution in [0.4, 0.5) is 0 Å². The number of fused-ring (bicyclic) bond motifs is 1. The summed E-state index contributed by atoms with van der Waals surface area (Å²) in [5.74, 6) is -0.365. The highest BCUT2D eigenvalue weighted by Gasteiger charge is 2.40. The fraction of sp³-hybridized carbons (Fsp3) is 0.316. The molecule has 13 heteroatoms. The molecule has 3 N–H and O–H groups in total. The highest BCUT2D eigenvalue weighted by molar-refractivity contribution is 7.89. The molecule has 0 bridgehead atoms. The van der Waals surface area contributed by atoms with Gasteiger partial charge in [-0.3, -0.25) is 4.79 Å². The van der Waals surface area contributed by atoms with E-state index < -0.39 is 26.1 Å². The zero-order chi connectivity index (χ0) is 22.9. The molecule has 32 heavy (non-hydrogen) atoms. The number of carbonyl (C=O) groups excluding carboxylic acids is 1. The van der Waals surface area contributed by atoms with Crippen molar-refractivity contribution >= 4 is 48.7 Å². The van der Waals surface area contributed by atoms with Gasteiger partial charge in [-0.1, -0.05) is 18.2 Å². The highest BCUT2D eigenvalue weighted by Crippen LogP contribution is 2.30. The molecule has 1 aliphatic rings. The Morgan fingerprint density at radius 1 is 1.12 bits per heavy atom. The van der Waals surface area contributed by atoms with Crippen molar-refractivity contribution in [2.75, 3.05) is 13.1 Å². The van der Waals surface area contributed by atoms with Crippen molar-refractivity contribution in [1.29, 1.82) is 0 Å². The van der Waals surface area contributed by atoms with Gasteiger partial charge in [-0.25, -0.2) is 22.0 Å². The lowest BCUT2D eigenvalue weighted by Crippen LogP contribution is -2.46. The molecule has 2 aromatic carbocycles. The van der Waals surface area contributed by atoms with Gasteiger partial charge in [0.05, 0.1) is 16.6 Å². The molecule has 10 nitrogen and oxygen atoms in total. The number of hydrogen-bond acceptors (Lipinski definition) is 8. The van der Waals surface area contributed by atoms with Gasteiger partial charge < -0.3 is 5.32 Å². The first-order chi connectivity index (χ1) is 15.2. The minimum atomic E-state index is -3.92. The molecule has 0 unspecified atom stereocenters. The van der Waals surface area contributed by atoms with Crippen LogP contribution in [0.25, 0.3) is 11.0 Å². The minimum Gasteiger partial charge on any atom is -0.354 e. The van der Waals surface area contributed by atoms with E-state index in [2.05, 4.69) is 14.1 Å². The van der Waals surface area contributed by atoms with Crippen LogP contribution in [0, 0.1) is 0 Å². The van der Waals surface area contributed by atoms with Crippen LogP contribution in [-0.4, -0.2) is 54.9 Å². The molecule has 1 amide bonds. The van der Waals surface area contributed by atoms with Gasteiger partial charge in [0.1, 0.15) is 22.0 Å². The van der Waals surface area contributed by atoms with Gasteiger partial charge in [0.15, 0.2) is 0 Å². The van der Waals surface area contributed by atoms with E-state index in [0.717, 1.165) is 17.3 Å². The number of primary sulfonamides is 1. The lowest BCUT2D eigenvalue weighted by molar-refractivity contribution is -0.124. The molecular formula is C19H21N5O5S3. The van der Waals surface area contributed by atoms with Crippen molar-refractivity contribution in [3.63, 3.8) is 0 Å². The van der Waals surface area contributed by atoms with Crippen molar-refractivity contribution < 1.29 is 21.6 Å². The molecule has 1 atom stereocenters. The first-order valence-corrected chi connectivity index (χ1v) is 13.5. The van der Waals surface area contributed by atoms with E-state index in [-0.39, 0.29) is 28.8 Å². The Morgan fingerprint density at radius 2 is 1.88 bits per heavy atom. The van der Waals surface area contributed by atoms with Crippen LogP contribution in [0.2, 0.25) is 0 Å². The third-order valence-electron chi connectivity index (χ3n) is 5.31. The SMILES string of the molecule is NS(=O)(=O)c1ccc(CCNC(=O)[C@@H]2CCCN2S(=O)(=O)c2cccc3nsnc23)cc1. The average Bonchev–Trinajstić information content (AvgIpc) is 3.43. The van der Waals surface area contributed by atoms with E-state index in [1.54, 1.807) is 24.3 Å². The average molecular weight is 496 g/mol. The Balaban J connectivity index is 1.43. The fourth-order valence-corrected chi connectivity index (χ4v) is 6.63. The van der Waals surface area contributed by atoms with Crippen LogP contribution in [0.15, 0.2) is 52.3 Å². The largest absolute Gasteiger partial charge is 0.354 e. The van der Waals surface area contributed by atoms with Crippen LogP contribution in [0.3, 0.4) is 0 Å². The summed E-state index contributed by atoms with van der Waals surface area (Å²) in [6, 6.07) is 10.1. The van der Waals surface area contributed by atoms with E-state index >= 15 is 0 Å². The van der Waals surface area contributed by atoms with E-state index in [9.17, 15) is 21.6 Å². The molecule has 1 fully saturated rings. The first kappa shape index (κ1) is 22.7. The third kappa shape index (κ3) is 4.52. The van der Waals surface area contributed by atoms with Crippen molar-refractivity contribution in [3.05, 3.63) is 48.0 Å². The molecule has 1 aromatic heterocycles. The van der Waals surface area contributed by atoms with Crippen LogP contribution in [0.5, 0.6) is 0 Å². The number of benzene rings is 2. The predicted molar refractivity (Wildman–Crippen MR) is 119 cm³/mol. The smallest absolute Gasteiger partial charge is 0.246 e. The Morgan fingerprint density at radius 3 is 2.59 bits per heavy atom. The summed E-state index contributed by atoms with van der Waals surface area (Å²) in [5.41, 5.74) is 1.63. The van der Waals surface area contributed by atoms with Crippen LogP contribution in [0.1, 0.15) is 18.4 Å². The summed E-state index contributed by atoms with van der Waals surface area (Å²) in [6.07, 6.45) is 1.47. The van der Waals surface area contributed by atoms with Crippen molar-refractivity contribution in [2.45, 2.75) is 35.1 Å². The molecule has 0 radical (unpaired) electrons. The summed E-state index contributed by atoms with van der Waals surface area (Å²) >= 11 is 0.941. The van der Waals surface area contributed by atoms with Gasteiger partial charge in [-0.2, -0.15) is 13.1 Å². The fourth-order valence-electron chi connectivity index (χ4n) is 3.70. The highest BCUT2D eigenvalue weighted by atomic mass is 32.2. The predicted octanol–water partition coefficient (Wildman–Crippen LogP) is 0.851. The normalized spacial score (nSPS) is 17.6. The van der Waals surface area contributed by atoms with Gasteiger partial charge in [-0.15, -0.1) is 0 Å². The standard InChI is InChI=1S/C19H21N5O5S3/c20-31(26,27)14-8-6-13(7-9-14)10-11-21-19(25)16-4-2-12-24(16)32(28,29)17-5-1-3-15-18(17)23-30-22-15/h1,3,5-9,16H,2,4,10-12H2,(H,21,25)(H2,20,26,27)/t16-/m0/s1. The number of amides is 1.